The summed E-state index contributed by atoms with van der Waals surface area (Å²) in [6.45, 7) is 0. The van der Waals surface area contributed by atoms with Crippen LogP contribution in [0.3, 0.4) is 0 Å². The molecule has 3 heteroatoms. The first-order valence-electron chi connectivity index (χ1n) is 2.64. The molecule has 0 fully saturated rings. The van der Waals surface area contributed by atoms with E-state index in [4.69, 9.17) is 4.52 Å². The number of aromatic nitrogens is 2. The summed E-state index contributed by atoms with van der Waals surface area (Å²) in [7, 11) is 0. The zero-order chi connectivity index (χ0) is 6.10. The molecule has 0 saturated heterocycles. The molecule has 3 nitrogen and oxygen atoms in total. The van der Waals surface area contributed by atoms with Crippen LogP contribution in [0.4, 0.5) is 0 Å². The second-order valence-electron chi connectivity index (χ2n) is 1.74. The number of hydrogen-bond donors (Lipinski definition) is 0. The Labute approximate surface area is 51.3 Å². The number of nitrogens with zero attached hydrogens (tertiary/aromatic N) is 2. The van der Waals surface area contributed by atoms with E-state index in [1.54, 1.807) is 0 Å². The van der Waals surface area contributed by atoms with Crippen LogP contribution in [-0.2, 0) is 0 Å². The van der Waals surface area contributed by atoms with E-state index in [-0.39, 0.29) is 0 Å². The van der Waals surface area contributed by atoms with Crippen LogP contribution in [0, 0.1) is 0 Å². The van der Waals surface area contributed by atoms with E-state index >= 15 is 0 Å². The van der Waals surface area contributed by atoms with Gasteiger partial charge in [0.15, 0.2) is 5.58 Å². The van der Waals surface area contributed by atoms with E-state index in [0.717, 1.165) is 11.1 Å². The molecular formula is C6H4N2O. The summed E-state index contributed by atoms with van der Waals surface area (Å²) in [5.74, 6) is 0. The van der Waals surface area contributed by atoms with Crippen molar-refractivity contribution in [2.24, 2.45) is 0 Å². The predicted molar refractivity (Wildman–Crippen MR) is 31.8 cm³/mol. The average Bonchev–Trinajstić information content (AvgIpc) is 2.33. The zero-order valence-electron chi connectivity index (χ0n) is 4.61. The third-order valence-corrected chi connectivity index (χ3v) is 1.15. The molecule has 1 aromatic heterocycles. The van der Waals surface area contributed by atoms with Crippen LogP contribution in [0.1, 0.15) is 0 Å². The molecule has 0 aliphatic rings. The Balaban J connectivity index is 2.95. The Kier molecular flexibility index (Phi) is 0.773. The Hall–Kier alpha value is -1.38. The molecule has 0 amide bonds. The normalized spacial score (nSPS) is 10.2. The van der Waals surface area contributed by atoms with E-state index in [1.807, 2.05) is 24.3 Å². The van der Waals surface area contributed by atoms with Crippen LogP contribution >= 0.6 is 0 Å². The van der Waals surface area contributed by atoms with Crippen LogP contribution < -0.4 is 0 Å². The first-order valence-corrected chi connectivity index (χ1v) is 2.64. The van der Waals surface area contributed by atoms with Gasteiger partial charge in [0.1, 0.15) is 5.52 Å². The standard InChI is InChI=1S/C6H4N2O/c1-2-4-6-5(3-1)7-8-9-6/h1-4H. The SMILES string of the molecule is c1ccc2onnc2c1. The Morgan fingerprint density at radius 1 is 1.22 bits per heavy atom. The van der Waals surface area contributed by atoms with Crippen molar-refractivity contribution >= 4 is 11.1 Å². The molecular weight excluding hydrogens is 116 g/mol. The predicted octanol–water partition coefficient (Wildman–Crippen LogP) is 1.22. The van der Waals surface area contributed by atoms with Gasteiger partial charge in [-0.1, -0.05) is 12.1 Å². The van der Waals surface area contributed by atoms with Crippen molar-refractivity contribution in [1.29, 1.82) is 0 Å². The minimum atomic E-state index is 0.734. The van der Waals surface area contributed by atoms with Crippen LogP contribution in [0.15, 0.2) is 28.8 Å². The lowest BCUT2D eigenvalue weighted by Crippen LogP contribution is -1.63. The zero-order valence-corrected chi connectivity index (χ0v) is 4.61. The van der Waals surface area contributed by atoms with Gasteiger partial charge in [-0.2, -0.15) is 0 Å². The van der Waals surface area contributed by atoms with Gasteiger partial charge in [0.2, 0.25) is 0 Å². The minimum absolute atomic E-state index is 0.734. The second kappa shape index (κ2) is 1.55. The molecule has 2 aromatic rings. The van der Waals surface area contributed by atoms with Crippen molar-refractivity contribution < 1.29 is 4.52 Å². The maximum Gasteiger partial charge on any atom is 0.187 e. The largest absolute Gasteiger partial charge is 0.337 e. The van der Waals surface area contributed by atoms with Gasteiger partial charge in [-0.05, 0) is 12.1 Å². The van der Waals surface area contributed by atoms with Crippen molar-refractivity contribution in [3.05, 3.63) is 24.3 Å². The van der Waals surface area contributed by atoms with Crippen molar-refractivity contribution in [2.45, 2.75) is 0 Å². The van der Waals surface area contributed by atoms with Crippen LogP contribution in [0.25, 0.3) is 11.1 Å². The summed E-state index contributed by atoms with van der Waals surface area (Å²) in [5.41, 5.74) is 1.54. The third kappa shape index (κ3) is 0.579. The summed E-state index contributed by atoms with van der Waals surface area (Å²) in [6, 6.07) is 7.46. The average molecular weight is 120 g/mol. The van der Waals surface area contributed by atoms with E-state index in [9.17, 15) is 0 Å². The fourth-order valence-corrected chi connectivity index (χ4v) is 0.725. The van der Waals surface area contributed by atoms with Crippen molar-refractivity contribution in [1.82, 2.24) is 10.4 Å². The van der Waals surface area contributed by atoms with Gasteiger partial charge in [0.05, 0.1) is 0 Å². The molecule has 0 atom stereocenters. The van der Waals surface area contributed by atoms with Crippen LogP contribution in [-0.4, -0.2) is 10.4 Å². The van der Waals surface area contributed by atoms with Gasteiger partial charge in [-0.25, -0.2) is 0 Å². The summed E-state index contributed by atoms with van der Waals surface area (Å²) in [6.07, 6.45) is 0. The molecule has 1 heterocycles. The quantitative estimate of drug-likeness (QED) is 0.524. The fourth-order valence-electron chi connectivity index (χ4n) is 0.725. The maximum absolute atomic E-state index is 4.76. The Morgan fingerprint density at radius 3 is 3.00 bits per heavy atom. The van der Waals surface area contributed by atoms with Gasteiger partial charge in [0, 0.05) is 5.27 Å². The molecule has 0 aliphatic heterocycles. The van der Waals surface area contributed by atoms with Gasteiger partial charge >= 0.3 is 0 Å². The summed E-state index contributed by atoms with van der Waals surface area (Å²) in [5, 5.41) is 7.08. The molecule has 0 aliphatic carbocycles. The van der Waals surface area contributed by atoms with Crippen molar-refractivity contribution in [2.75, 3.05) is 0 Å². The van der Waals surface area contributed by atoms with E-state index < -0.39 is 0 Å². The fraction of sp³-hybridized carbons (Fsp3) is 0. The number of para-hydroxylation sites is 1. The highest BCUT2D eigenvalue weighted by atomic mass is 16.5. The van der Waals surface area contributed by atoms with Gasteiger partial charge in [-0.15, -0.1) is 5.10 Å². The second-order valence-corrected chi connectivity index (χ2v) is 1.74. The molecule has 0 saturated carbocycles. The molecule has 0 spiro atoms. The van der Waals surface area contributed by atoms with Crippen molar-refractivity contribution in [3.8, 4) is 0 Å². The Bertz CT molecular complexity index is 285. The smallest absolute Gasteiger partial charge is 0.187 e. The van der Waals surface area contributed by atoms with Crippen LogP contribution in [0.2, 0.25) is 0 Å². The van der Waals surface area contributed by atoms with E-state index in [1.165, 1.54) is 0 Å². The van der Waals surface area contributed by atoms with Crippen molar-refractivity contribution in [3.63, 3.8) is 0 Å². The molecule has 2 rings (SSSR count). The topological polar surface area (TPSA) is 38.9 Å². The monoisotopic (exact) mass is 120 g/mol. The summed E-state index contributed by atoms with van der Waals surface area (Å²) < 4.78 is 4.76. The number of fused-ring (bicyclic) bond motifs is 1. The van der Waals surface area contributed by atoms with Gasteiger partial charge in [-0.3, -0.25) is 0 Å². The van der Waals surface area contributed by atoms with E-state index in [2.05, 4.69) is 10.4 Å². The molecule has 0 N–H and O–H groups in total. The molecule has 0 radical (unpaired) electrons. The van der Waals surface area contributed by atoms with E-state index in [0.29, 0.717) is 0 Å². The summed E-state index contributed by atoms with van der Waals surface area (Å²) >= 11 is 0. The molecule has 0 unspecified atom stereocenters. The molecule has 9 heavy (non-hydrogen) atoms. The Morgan fingerprint density at radius 2 is 2.11 bits per heavy atom. The lowest BCUT2D eigenvalue weighted by Gasteiger charge is -1.76. The highest BCUT2D eigenvalue weighted by Gasteiger charge is 1.93. The number of benzene rings is 1. The number of rotatable bonds is 0. The summed E-state index contributed by atoms with van der Waals surface area (Å²) in [4.78, 5) is 0. The molecule has 0 bridgehead atoms. The highest BCUT2D eigenvalue weighted by molar-refractivity contribution is 5.70. The molecule has 44 valence electrons. The third-order valence-electron chi connectivity index (χ3n) is 1.15. The van der Waals surface area contributed by atoms with Crippen LogP contribution in [0.5, 0.6) is 0 Å². The van der Waals surface area contributed by atoms with Gasteiger partial charge in [0.25, 0.3) is 0 Å². The van der Waals surface area contributed by atoms with Gasteiger partial charge < -0.3 is 4.52 Å². The first kappa shape index (κ1) is 4.49. The number of hydrogen-bond acceptors (Lipinski definition) is 3. The lowest BCUT2D eigenvalue weighted by molar-refractivity contribution is 0.424. The molecule has 1 aromatic carbocycles. The minimum Gasteiger partial charge on any atom is -0.337 e. The maximum atomic E-state index is 4.76. The highest BCUT2D eigenvalue weighted by Crippen LogP contribution is 2.06. The first-order chi connectivity index (χ1) is 4.47. The lowest BCUT2D eigenvalue weighted by atomic mass is 10.3.